The number of hydrogen-bond acceptors (Lipinski definition) is 5. The third kappa shape index (κ3) is 6.44. The molecule has 0 spiro atoms. The fourth-order valence-electron chi connectivity index (χ4n) is 3.91. The van der Waals surface area contributed by atoms with Gasteiger partial charge in [-0.2, -0.15) is 0 Å². The number of halogens is 2. The number of amides is 3. The van der Waals surface area contributed by atoms with E-state index in [0.29, 0.717) is 11.5 Å². The molecule has 2 aromatic carbocycles. The number of nitrogens with zero attached hydrogens (tertiary/aromatic N) is 1. The minimum absolute atomic E-state index is 0.0787. The number of carboxylic acid groups (broad SMARTS) is 1. The molecule has 1 atom stereocenters. The molecule has 0 aromatic heterocycles. The van der Waals surface area contributed by atoms with Crippen LogP contribution in [0.15, 0.2) is 36.4 Å². The van der Waals surface area contributed by atoms with Crippen LogP contribution in [0.25, 0.3) is 0 Å². The van der Waals surface area contributed by atoms with E-state index in [2.05, 4.69) is 24.7 Å². The highest BCUT2D eigenvalue weighted by atomic mass is 35.5. The van der Waals surface area contributed by atoms with Gasteiger partial charge in [0, 0.05) is 11.6 Å². The Morgan fingerprint density at radius 1 is 1.19 bits per heavy atom. The van der Waals surface area contributed by atoms with Crippen molar-refractivity contribution in [1.29, 1.82) is 0 Å². The minimum atomic E-state index is -1.19. The average molecular weight is 522 g/mol. The molecule has 0 aliphatic carbocycles. The van der Waals surface area contributed by atoms with E-state index in [-0.39, 0.29) is 29.5 Å². The van der Waals surface area contributed by atoms with Crippen molar-refractivity contribution in [2.45, 2.75) is 45.9 Å². The molecule has 1 saturated heterocycles. The van der Waals surface area contributed by atoms with Gasteiger partial charge in [0.25, 0.3) is 11.8 Å². The van der Waals surface area contributed by atoms with Crippen LogP contribution in [-0.2, 0) is 11.2 Å². The fraction of sp³-hybridized carbons (Fsp3) is 0.400. The molecule has 36 heavy (non-hydrogen) atoms. The summed E-state index contributed by atoms with van der Waals surface area (Å²) in [6.45, 7) is 7.30. The first-order valence-corrected chi connectivity index (χ1v) is 11.7. The summed E-state index contributed by atoms with van der Waals surface area (Å²) in [5, 5.41) is 9.32. The highest BCUT2D eigenvalue weighted by Crippen LogP contribution is 2.30. The number of benzene rings is 2. The SMILES string of the molecule is CC(C)Cc1ccc(C(=O)NNC(=O)c2cc(F)c(OCC3COC(C)(C)N3C(=O)O)cc2Cl)cc1. The lowest BCUT2D eigenvalue weighted by molar-refractivity contribution is -0.0430. The zero-order valence-corrected chi connectivity index (χ0v) is 21.2. The smallest absolute Gasteiger partial charge is 0.410 e. The van der Waals surface area contributed by atoms with E-state index in [9.17, 15) is 23.9 Å². The van der Waals surface area contributed by atoms with Gasteiger partial charge in [0.2, 0.25) is 0 Å². The van der Waals surface area contributed by atoms with Crippen LogP contribution in [0.4, 0.5) is 9.18 Å². The molecule has 1 fully saturated rings. The second kappa shape index (κ2) is 11.1. The van der Waals surface area contributed by atoms with Gasteiger partial charge >= 0.3 is 6.09 Å². The Balaban J connectivity index is 1.60. The van der Waals surface area contributed by atoms with E-state index in [4.69, 9.17) is 21.1 Å². The van der Waals surface area contributed by atoms with Crippen molar-refractivity contribution < 1.29 is 33.4 Å². The van der Waals surface area contributed by atoms with Crippen LogP contribution >= 0.6 is 11.6 Å². The van der Waals surface area contributed by atoms with Crippen LogP contribution in [-0.4, -0.2) is 52.9 Å². The number of carbonyl (C=O) groups excluding carboxylic acids is 2. The number of rotatable bonds is 7. The van der Waals surface area contributed by atoms with Crippen LogP contribution in [0.3, 0.4) is 0 Å². The maximum atomic E-state index is 14.7. The zero-order chi connectivity index (χ0) is 26.6. The molecule has 3 N–H and O–H groups in total. The standard InChI is InChI=1S/C25H29ClFN3O6/c1-14(2)9-15-5-7-16(8-6-15)22(31)28-29-23(32)18-10-20(27)21(11-19(18)26)35-12-17-13-36-25(3,4)30(17)24(33)34/h5-8,10-11,14,17H,9,12-13H2,1-4H3,(H,28,31)(H,29,32)(H,33,34). The van der Waals surface area contributed by atoms with E-state index < -0.39 is 35.5 Å². The number of hydrazine groups is 1. The van der Waals surface area contributed by atoms with E-state index >= 15 is 0 Å². The molecule has 3 amide bonds. The third-order valence-corrected chi connectivity index (χ3v) is 5.94. The number of ether oxygens (including phenoxy) is 2. The monoisotopic (exact) mass is 521 g/mol. The van der Waals surface area contributed by atoms with Crippen molar-refractivity contribution in [3.05, 3.63) is 63.9 Å². The highest BCUT2D eigenvalue weighted by Gasteiger charge is 2.44. The summed E-state index contributed by atoms with van der Waals surface area (Å²) >= 11 is 6.16. The molecule has 11 heteroatoms. The van der Waals surface area contributed by atoms with E-state index in [1.54, 1.807) is 26.0 Å². The first-order chi connectivity index (χ1) is 16.9. The van der Waals surface area contributed by atoms with Crippen molar-refractivity contribution in [1.82, 2.24) is 15.8 Å². The molecule has 1 aliphatic rings. The van der Waals surface area contributed by atoms with E-state index in [0.717, 1.165) is 29.0 Å². The van der Waals surface area contributed by atoms with Crippen molar-refractivity contribution in [3.8, 4) is 5.75 Å². The van der Waals surface area contributed by atoms with Gasteiger partial charge in [0.1, 0.15) is 12.3 Å². The van der Waals surface area contributed by atoms with Crippen molar-refractivity contribution in [3.63, 3.8) is 0 Å². The van der Waals surface area contributed by atoms with E-state index in [1.807, 2.05) is 12.1 Å². The Kier molecular flexibility index (Phi) is 8.42. The summed E-state index contributed by atoms with van der Waals surface area (Å²) in [7, 11) is 0. The molecule has 0 saturated carbocycles. The van der Waals surface area contributed by atoms with Crippen LogP contribution in [0.2, 0.25) is 5.02 Å². The van der Waals surface area contributed by atoms with Gasteiger partial charge in [-0.3, -0.25) is 25.3 Å². The van der Waals surface area contributed by atoms with Gasteiger partial charge in [-0.15, -0.1) is 0 Å². The van der Waals surface area contributed by atoms with Crippen LogP contribution < -0.4 is 15.6 Å². The minimum Gasteiger partial charge on any atom is -0.488 e. The first-order valence-electron chi connectivity index (χ1n) is 11.4. The van der Waals surface area contributed by atoms with Gasteiger partial charge < -0.3 is 14.6 Å². The third-order valence-electron chi connectivity index (χ3n) is 5.63. The molecular weight excluding hydrogens is 493 g/mol. The average Bonchev–Trinajstić information content (AvgIpc) is 3.11. The quantitative estimate of drug-likeness (QED) is 0.469. The molecule has 1 aliphatic heterocycles. The highest BCUT2D eigenvalue weighted by molar-refractivity contribution is 6.34. The normalized spacial score (nSPS) is 16.6. The van der Waals surface area contributed by atoms with Crippen LogP contribution in [0, 0.1) is 11.7 Å². The Bertz CT molecular complexity index is 1140. The molecule has 0 bridgehead atoms. The van der Waals surface area contributed by atoms with Gasteiger partial charge in [-0.25, -0.2) is 9.18 Å². The summed E-state index contributed by atoms with van der Waals surface area (Å²) in [5.41, 5.74) is 4.67. The van der Waals surface area contributed by atoms with Gasteiger partial charge in [0.15, 0.2) is 11.6 Å². The van der Waals surface area contributed by atoms with Gasteiger partial charge in [0.05, 0.1) is 23.2 Å². The Morgan fingerprint density at radius 3 is 2.44 bits per heavy atom. The molecule has 0 radical (unpaired) electrons. The fourth-order valence-corrected chi connectivity index (χ4v) is 4.15. The second-order valence-electron chi connectivity index (χ2n) is 9.34. The number of nitrogens with one attached hydrogen (secondary N) is 2. The lowest BCUT2D eigenvalue weighted by atomic mass is 10.0. The molecular formula is C25H29ClFN3O6. The first kappa shape index (κ1) is 27.2. The topological polar surface area (TPSA) is 117 Å². The lowest BCUT2D eigenvalue weighted by Gasteiger charge is -2.30. The van der Waals surface area contributed by atoms with E-state index in [1.165, 1.54) is 0 Å². The van der Waals surface area contributed by atoms with Gasteiger partial charge in [-0.1, -0.05) is 37.6 Å². The Hall–Kier alpha value is -3.37. The molecule has 3 rings (SSSR count). The summed E-state index contributed by atoms with van der Waals surface area (Å²) in [6.07, 6.45) is -0.308. The van der Waals surface area contributed by atoms with Crippen LogP contribution in [0.1, 0.15) is 54.0 Å². The predicted molar refractivity (Wildman–Crippen MR) is 131 cm³/mol. The molecule has 9 nitrogen and oxygen atoms in total. The molecule has 1 heterocycles. The Labute approximate surface area is 213 Å². The maximum absolute atomic E-state index is 14.7. The van der Waals surface area contributed by atoms with Crippen molar-refractivity contribution >= 4 is 29.5 Å². The van der Waals surface area contributed by atoms with Crippen molar-refractivity contribution in [2.75, 3.05) is 13.2 Å². The molecule has 194 valence electrons. The maximum Gasteiger partial charge on any atom is 0.410 e. The lowest BCUT2D eigenvalue weighted by Crippen LogP contribution is -2.49. The summed E-state index contributed by atoms with van der Waals surface area (Å²) in [5.74, 6) is -2.01. The summed E-state index contributed by atoms with van der Waals surface area (Å²) < 4.78 is 25.6. The van der Waals surface area contributed by atoms with Gasteiger partial charge in [-0.05, 0) is 49.9 Å². The number of carbonyl (C=O) groups is 3. The zero-order valence-electron chi connectivity index (χ0n) is 20.4. The summed E-state index contributed by atoms with van der Waals surface area (Å²) in [6, 6.07) is 8.33. The molecule has 2 aromatic rings. The Morgan fingerprint density at radius 2 is 1.83 bits per heavy atom. The second-order valence-corrected chi connectivity index (χ2v) is 9.75. The number of hydrogen-bond donors (Lipinski definition) is 3. The summed E-state index contributed by atoms with van der Waals surface area (Å²) in [4.78, 5) is 37.5. The van der Waals surface area contributed by atoms with Crippen LogP contribution in [0.5, 0.6) is 5.75 Å². The predicted octanol–water partition coefficient (Wildman–Crippen LogP) is 4.25. The molecule has 1 unspecified atom stereocenters. The van der Waals surface area contributed by atoms with Crippen molar-refractivity contribution in [2.24, 2.45) is 5.92 Å². The largest absolute Gasteiger partial charge is 0.488 e.